The molecule has 2 heterocycles. The molecule has 0 spiro atoms. The number of nitrogens with zero attached hydrogens (tertiary/aromatic N) is 3. The van der Waals surface area contributed by atoms with Crippen molar-refractivity contribution < 1.29 is 9.59 Å². The van der Waals surface area contributed by atoms with E-state index in [0.717, 1.165) is 11.1 Å². The van der Waals surface area contributed by atoms with Crippen molar-refractivity contribution in [3.8, 4) is 6.07 Å². The van der Waals surface area contributed by atoms with E-state index in [0.29, 0.717) is 29.7 Å². The molecule has 0 radical (unpaired) electrons. The van der Waals surface area contributed by atoms with Crippen LogP contribution in [0.2, 0.25) is 0 Å². The van der Waals surface area contributed by atoms with Crippen molar-refractivity contribution >= 4 is 11.7 Å². The van der Waals surface area contributed by atoms with E-state index in [-0.39, 0.29) is 28.5 Å². The van der Waals surface area contributed by atoms with Gasteiger partial charge in [-0.15, -0.1) is 0 Å². The molecule has 0 saturated heterocycles. The highest BCUT2D eigenvalue weighted by atomic mass is 16.2. The average molecular weight is 428 g/mol. The standard InChI is InChI=1S/C25H25N5O2/c1-15-6-8-16(9-7-15)24(32)29-30-19-11-25(2,3)12-20(31)22(19)21(18(13-26)23(30)27)17-5-4-10-28-14-17/h4-10,14,21H,11-12,27H2,1-3H3,(H,29,32). The number of Topliss-reactive ketones (excluding diaryl/α,β-unsaturated/α-hetero) is 1. The number of aromatic nitrogens is 1. The molecule has 1 aliphatic carbocycles. The quantitative estimate of drug-likeness (QED) is 0.776. The Morgan fingerprint density at radius 3 is 2.59 bits per heavy atom. The summed E-state index contributed by atoms with van der Waals surface area (Å²) in [7, 11) is 0. The molecule has 0 fully saturated rings. The third kappa shape index (κ3) is 3.76. The molecular formula is C25H25N5O2. The first-order chi connectivity index (χ1) is 15.2. The smallest absolute Gasteiger partial charge is 0.270 e. The number of ketones is 1. The molecule has 162 valence electrons. The summed E-state index contributed by atoms with van der Waals surface area (Å²) in [5.41, 5.74) is 12.5. The van der Waals surface area contributed by atoms with Gasteiger partial charge in [0.05, 0.1) is 23.3 Å². The molecule has 1 amide bonds. The second-order valence-electron chi connectivity index (χ2n) is 9.07. The lowest BCUT2D eigenvalue weighted by atomic mass is 9.69. The number of carbonyl (C=O) groups excluding carboxylic acids is 2. The van der Waals surface area contributed by atoms with Crippen LogP contribution >= 0.6 is 0 Å². The van der Waals surface area contributed by atoms with Gasteiger partial charge < -0.3 is 5.73 Å². The monoisotopic (exact) mass is 427 g/mol. The van der Waals surface area contributed by atoms with Gasteiger partial charge in [0.2, 0.25) is 0 Å². The largest absolute Gasteiger partial charge is 0.383 e. The first kappa shape index (κ1) is 21.3. The molecule has 1 atom stereocenters. The average Bonchev–Trinajstić information content (AvgIpc) is 2.75. The molecule has 1 aromatic heterocycles. The molecule has 3 N–H and O–H groups in total. The van der Waals surface area contributed by atoms with Crippen LogP contribution in [0.3, 0.4) is 0 Å². The number of allylic oxidation sites excluding steroid dienone is 3. The van der Waals surface area contributed by atoms with Crippen molar-refractivity contribution in [2.24, 2.45) is 11.1 Å². The van der Waals surface area contributed by atoms with Gasteiger partial charge >= 0.3 is 0 Å². The van der Waals surface area contributed by atoms with E-state index < -0.39 is 5.92 Å². The molecule has 1 aromatic carbocycles. The van der Waals surface area contributed by atoms with Crippen molar-refractivity contribution in [3.05, 3.63) is 88.1 Å². The number of pyridine rings is 1. The molecular weight excluding hydrogens is 402 g/mol. The highest BCUT2D eigenvalue weighted by Gasteiger charge is 2.44. The van der Waals surface area contributed by atoms with Crippen LogP contribution in [0.5, 0.6) is 0 Å². The maximum Gasteiger partial charge on any atom is 0.270 e. The summed E-state index contributed by atoms with van der Waals surface area (Å²) < 4.78 is 0. The number of carbonyl (C=O) groups is 2. The number of hydrogen-bond donors (Lipinski definition) is 2. The highest BCUT2D eigenvalue weighted by molar-refractivity contribution is 6.00. The van der Waals surface area contributed by atoms with E-state index in [4.69, 9.17) is 5.73 Å². The second kappa shape index (κ2) is 7.97. The predicted octanol–water partition coefficient (Wildman–Crippen LogP) is 3.47. The van der Waals surface area contributed by atoms with E-state index in [2.05, 4.69) is 16.5 Å². The van der Waals surface area contributed by atoms with E-state index in [1.54, 1.807) is 30.6 Å². The lowest BCUT2D eigenvalue weighted by Crippen LogP contribution is -2.49. The maximum atomic E-state index is 13.3. The molecule has 7 nitrogen and oxygen atoms in total. The van der Waals surface area contributed by atoms with Gasteiger partial charge in [-0.2, -0.15) is 5.26 Å². The van der Waals surface area contributed by atoms with E-state index in [1.165, 1.54) is 5.01 Å². The first-order valence-electron chi connectivity index (χ1n) is 10.5. The highest BCUT2D eigenvalue weighted by Crippen LogP contribution is 2.48. The van der Waals surface area contributed by atoms with Crippen molar-refractivity contribution in [1.29, 1.82) is 5.26 Å². The first-order valence-corrected chi connectivity index (χ1v) is 10.5. The fraction of sp³-hybridized carbons (Fsp3) is 0.280. The third-order valence-electron chi connectivity index (χ3n) is 5.93. The van der Waals surface area contributed by atoms with Crippen LogP contribution in [0.4, 0.5) is 0 Å². The number of aryl methyl sites for hydroxylation is 1. The van der Waals surface area contributed by atoms with Gasteiger partial charge in [0.1, 0.15) is 5.82 Å². The zero-order valence-electron chi connectivity index (χ0n) is 18.3. The number of benzene rings is 1. The van der Waals surface area contributed by atoms with Crippen LogP contribution in [0, 0.1) is 23.7 Å². The third-order valence-corrected chi connectivity index (χ3v) is 5.93. The summed E-state index contributed by atoms with van der Waals surface area (Å²) in [6, 6.07) is 12.9. The van der Waals surface area contributed by atoms with Crippen LogP contribution in [-0.4, -0.2) is 21.7 Å². The lowest BCUT2D eigenvalue weighted by molar-refractivity contribution is -0.118. The molecule has 0 saturated carbocycles. The Kier molecular flexibility index (Phi) is 5.31. The summed E-state index contributed by atoms with van der Waals surface area (Å²) in [4.78, 5) is 30.5. The van der Waals surface area contributed by atoms with Crippen LogP contribution in [0.1, 0.15) is 54.1 Å². The number of amides is 1. The topological polar surface area (TPSA) is 112 Å². The lowest BCUT2D eigenvalue weighted by Gasteiger charge is -2.43. The summed E-state index contributed by atoms with van der Waals surface area (Å²) >= 11 is 0. The van der Waals surface area contributed by atoms with Crippen molar-refractivity contribution in [3.63, 3.8) is 0 Å². The Labute approximate surface area is 187 Å². The number of nitrogens with one attached hydrogen (secondary N) is 1. The summed E-state index contributed by atoms with van der Waals surface area (Å²) in [5.74, 6) is -0.918. The molecule has 2 aromatic rings. The van der Waals surface area contributed by atoms with E-state index in [9.17, 15) is 14.9 Å². The Morgan fingerprint density at radius 2 is 1.97 bits per heavy atom. The summed E-state index contributed by atoms with van der Waals surface area (Å²) in [5, 5.41) is 11.4. The van der Waals surface area contributed by atoms with Crippen LogP contribution in [0.15, 0.2) is 71.5 Å². The minimum Gasteiger partial charge on any atom is -0.383 e. The van der Waals surface area contributed by atoms with Gasteiger partial charge in [0.15, 0.2) is 5.78 Å². The minimum atomic E-state index is -0.611. The number of hydrazine groups is 1. The van der Waals surface area contributed by atoms with Crippen molar-refractivity contribution in [2.45, 2.75) is 39.5 Å². The SMILES string of the molecule is Cc1ccc(C(=O)NN2C(N)=C(C#N)C(c3cccnc3)C3=C2CC(C)(C)CC3=O)cc1. The number of hydrogen-bond acceptors (Lipinski definition) is 6. The molecule has 7 heteroatoms. The molecule has 1 unspecified atom stereocenters. The fourth-order valence-electron chi connectivity index (χ4n) is 4.39. The number of nitrogens with two attached hydrogens (primary N) is 1. The number of rotatable bonds is 3. The number of nitriles is 1. The van der Waals surface area contributed by atoms with Crippen molar-refractivity contribution in [1.82, 2.24) is 15.4 Å². The molecule has 2 aliphatic rings. The van der Waals surface area contributed by atoms with E-state index >= 15 is 0 Å². The maximum absolute atomic E-state index is 13.3. The molecule has 0 bridgehead atoms. The summed E-state index contributed by atoms with van der Waals surface area (Å²) in [6.45, 7) is 5.96. The minimum absolute atomic E-state index is 0.0556. The summed E-state index contributed by atoms with van der Waals surface area (Å²) in [6.07, 6.45) is 4.16. The Morgan fingerprint density at radius 1 is 1.25 bits per heavy atom. The normalized spacial score (nSPS) is 20.0. The van der Waals surface area contributed by atoms with E-state index in [1.807, 2.05) is 39.0 Å². The Balaban J connectivity index is 1.84. The van der Waals surface area contributed by atoms with Gasteiger partial charge in [0.25, 0.3) is 5.91 Å². The molecule has 4 rings (SSSR count). The fourth-order valence-corrected chi connectivity index (χ4v) is 4.39. The zero-order valence-corrected chi connectivity index (χ0v) is 18.3. The van der Waals surface area contributed by atoms with Crippen molar-refractivity contribution in [2.75, 3.05) is 0 Å². The zero-order chi connectivity index (χ0) is 23.0. The van der Waals surface area contributed by atoms with Gasteiger partial charge in [-0.3, -0.25) is 20.0 Å². The Bertz CT molecular complexity index is 1190. The van der Waals surface area contributed by atoms with Gasteiger partial charge in [-0.05, 0) is 42.5 Å². The van der Waals surface area contributed by atoms with Crippen LogP contribution < -0.4 is 11.2 Å². The predicted molar refractivity (Wildman–Crippen MR) is 119 cm³/mol. The Hall–Kier alpha value is -3.92. The van der Waals surface area contributed by atoms with Crippen LogP contribution in [0.25, 0.3) is 0 Å². The second-order valence-corrected chi connectivity index (χ2v) is 9.07. The van der Waals surface area contributed by atoms with Gasteiger partial charge in [-0.1, -0.05) is 37.6 Å². The van der Waals surface area contributed by atoms with Crippen LogP contribution in [-0.2, 0) is 4.79 Å². The molecule has 32 heavy (non-hydrogen) atoms. The molecule has 1 aliphatic heterocycles. The van der Waals surface area contributed by atoms with Gasteiger partial charge in [0, 0.05) is 30.0 Å². The van der Waals surface area contributed by atoms with Gasteiger partial charge in [-0.25, -0.2) is 5.01 Å².